The van der Waals surface area contributed by atoms with Gasteiger partial charge in [0.2, 0.25) is 0 Å². The third-order valence-corrected chi connectivity index (χ3v) is 5.73. The standard InChI is InChI=1S/C22H23N5O3S/c1-30-19-10-6-5-9-18(19)26-11-13-27(14-12-26)20(28)17-15-31-22(24-17)25-21(29)23-16-7-3-2-4-8-16/h2-10,15H,11-14H2,1H3,(H2,23,24,25,29). The van der Waals surface area contributed by atoms with E-state index in [0.29, 0.717) is 42.7 Å². The summed E-state index contributed by atoms with van der Waals surface area (Å²) in [5.41, 5.74) is 2.05. The molecule has 1 fully saturated rings. The van der Waals surface area contributed by atoms with Crippen molar-refractivity contribution in [1.82, 2.24) is 9.88 Å². The van der Waals surface area contributed by atoms with E-state index in [1.807, 2.05) is 42.5 Å². The zero-order valence-corrected chi connectivity index (χ0v) is 17.9. The number of ether oxygens (including phenoxy) is 1. The van der Waals surface area contributed by atoms with Crippen LogP contribution >= 0.6 is 11.3 Å². The average Bonchev–Trinajstić information content (AvgIpc) is 3.27. The number of benzene rings is 2. The van der Waals surface area contributed by atoms with Gasteiger partial charge in [-0.2, -0.15) is 0 Å². The first kappa shape index (κ1) is 20.7. The van der Waals surface area contributed by atoms with Crippen LogP contribution in [0.3, 0.4) is 0 Å². The van der Waals surface area contributed by atoms with Crippen molar-refractivity contribution in [3.63, 3.8) is 0 Å². The summed E-state index contributed by atoms with van der Waals surface area (Å²) >= 11 is 1.23. The maximum atomic E-state index is 12.9. The predicted octanol–water partition coefficient (Wildman–Crippen LogP) is 3.76. The molecular formula is C22H23N5O3S. The lowest BCUT2D eigenvalue weighted by molar-refractivity contribution is 0.0741. The van der Waals surface area contributed by atoms with Crippen molar-refractivity contribution in [1.29, 1.82) is 0 Å². The summed E-state index contributed by atoms with van der Waals surface area (Å²) in [6.07, 6.45) is 0. The number of rotatable bonds is 5. The highest BCUT2D eigenvalue weighted by atomic mass is 32.1. The molecule has 0 bridgehead atoms. The second-order valence-electron chi connectivity index (χ2n) is 6.93. The van der Waals surface area contributed by atoms with Crippen molar-refractivity contribution in [2.45, 2.75) is 0 Å². The Balaban J connectivity index is 1.32. The van der Waals surface area contributed by atoms with Gasteiger partial charge < -0.3 is 19.9 Å². The number of nitrogens with zero attached hydrogens (tertiary/aromatic N) is 3. The maximum absolute atomic E-state index is 12.9. The van der Waals surface area contributed by atoms with Crippen LogP contribution in [0.4, 0.5) is 21.3 Å². The summed E-state index contributed by atoms with van der Waals surface area (Å²) in [6, 6.07) is 16.6. The summed E-state index contributed by atoms with van der Waals surface area (Å²) in [5, 5.41) is 7.45. The Hall–Kier alpha value is -3.59. The zero-order chi connectivity index (χ0) is 21.6. The lowest BCUT2D eigenvalue weighted by Crippen LogP contribution is -2.49. The Kier molecular flexibility index (Phi) is 6.32. The number of piperazine rings is 1. The molecule has 1 aromatic heterocycles. The number of thiazole rings is 1. The largest absolute Gasteiger partial charge is 0.495 e. The molecule has 0 unspecified atom stereocenters. The minimum absolute atomic E-state index is 0.132. The first-order valence-corrected chi connectivity index (χ1v) is 10.8. The Morgan fingerprint density at radius 1 is 0.968 bits per heavy atom. The quantitative estimate of drug-likeness (QED) is 0.635. The van der Waals surface area contributed by atoms with Crippen LogP contribution in [0.15, 0.2) is 60.0 Å². The van der Waals surface area contributed by atoms with Crippen LogP contribution in [0, 0.1) is 0 Å². The predicted molar refractivity (Wildman–Crippen MR) is 122 cm³/mol. The molecule has 1 aliphatic rings. The van der Waals surface area contributed by atoms with Crippen molar-refractivity contribution < 1.29 is 14.3 Å². The van der Waals surface area contributed by atoms with Gasteiger partial charge in [0, 0.05) is 37.2 Å². The molecule has 0 saturated carbocycles. The minimum Gasteiger partial charge on any atom is -0.495 e. The molecule has 4 rings (SSSR count). The number of carbonyl (C=O) groups excluding carboxylic acids is 2. The molecule has 0 radical (unpaired) electrons. The molecule has 2 aromatic carbocycles. The van der Waals surface area contributed by atoms with Crippen molar-refractivity contribution in [2.75, 3.05) is 48.8 Å². The molecule has 31 heavy (non-hydrogen) atoms. The van der Waals surface area contributed by atoms with Gasteiger partial charge in [-0.3, -0.25) is 10.1 Å². The second kappa shape index (κ2) is 9.48. The fraction of sp³-hybridized carbons (Fsp3) is 0.227. The molecular weight excluding hydrogens is 414 g/mol. The molecule has 3 aromatic rings. The first-order valence-electron chi connectivity index (χ1n) is 9.90. The molecule has 160 valence electrons. The molecule has 0 spiro atoms. The van der Waals surface area contributed by atoms with E-state index >= 15 is 0 Å². The maximum Gasteiger partial charge on any atom is 0.325 e. The van der Waals surface area contributed by atoms with E-state index < -0.39 is 6.03 Å². The van der Waals surface area contributed by atoms with Gasteiger partial charge in [0.05, 0.1) is 12.8 Å². The zero-order valence-electron chi connectivity index (χ0n) is 17.1. The van der Waals surface area contributed by atoms with E-state index in [1.54, 1.807) is 29.5 Å². The second-order valence-corrected chi connectivity index (χ2v) is 7.79. The lowest BCUT2D eigenvalue weighted by atomic mass is 10.2. The Morgan fingerprint density at radius 3 is 2.42 bits per heavy atom. The van der Waals surface area contributed by atoms with Crippen molar-refractivity contribution in [3.05, 3.63) is 65.7 Å². The highest BCUT2D eigenvalue weighted by Crippen LogP contribution is 2.28. The molecule has 2 heterocycles. The number of aromatic nitrogens is 1. The Bertz CT molecular complexity index is 1050. The number of amides is 3. The lowest BCUT2D eigenvalue weighted by Gasteiger charge is -2.36. The fourth-order valence-corrected chi connectivity index (χ4v) is 4.09. The van der Waals surface area contributed by atoms with Gasteiger partial charge in [0.25, 0.3) is 5.91 Å². The van der Waals surface area contributed by atoms with Gasteiger partial charge in [-0.15, -0.1) is 11.3 Å². The average molecular weight is 438 g/mol. The van der Waals surface area contributed by atoms with Gasteiger partial charge in [0.1, 0.15) is 11.4 Å². The Morgan fingerprint density at radius 2 is 1.68 bits per heavy atom. The molecule has 1 aliphatic heterocycles. The van der Waals surface area contributed by atoms with Crippen molar-refractivity contribution >= 4 is 39.8 Å². The van der Waals surface area contributed by atoms with Crippen LogP contribution in [0.5, 0.6) is 5.75 Å². The first-order chi connectivity index (χ1) is 15.1. The molecule has 0 atom stereocenters. The van der Waals surface area contributed by atoms with Gasteiger partial charge in [0.15, 0.2) is 5.13 Å². The molecule has 3 amide bonds. The van der Waals surface area contributed by atoms with Crippen LogP contribution in [-0.2, 0) is 0 Å². The topological polar surface area (TPSA) is 86.8 Å². The molecule has 1 saturated heterocycles. The van der Waals surface area contributed by atoms with E-state index in [1.165, 1.54) is 11.3 Å². The van der Waals surface area contributed by atoms with E-state index in [4.69, 9.17) is 4.74 Å². The molecule has 8 nitrogen and oxygen atoms in total. The number of carbonyl (C=O) groups is 2. The van der Waals surface area contributed by atoms with Crippen LogP contribution < -0.4 is 20.3 Å². The summed E-state index contributed by atoms with van der Waals surface area (Å²) in [5.74, 6) is 0.693. The Labute approximate surface area is 184 Å². The minimum atomic E-state index is -0.398. The van der Waals surface area contributed by atoms with E-state index in [0.717, 1.165) is 11.4 Å². The third kappa shape index (κ3) is 4.95. The number of methoxy groups -OCH3 is 1. The van der Waals surface area contributed by atoms with E-state index in [2.05, 4.69) is 20.5 Å². The monoisotopic (exact) mass is 437 g/mol. The summed E-state index contributed by atoms with van der Waals surface area (Å²) in [4.78, 5) is 33.3. The number of urea groups is 1. The highest BCUT2D eigenvalue weighted by Gasteiger charge is 2.25. The number of para-hydroxylation sites is 3. The van der Waals surface area contributed by atoms with Crippen LogP contribution in [0.2, 0.25) is 0 Å². The van der Waals surface area contributed by atoms with Crippen LogP contribution in [-0.4, -0.2) is 55.1 Å². The SMILES string of the molecule is COc1ccccc1N1CCN(C(=O)c2csc(NC(=O)Nc3ccccc3)n2)CC1. The smallest absolute Gasteiger partial charge is 0.325 e. The number of hydrogen-bond acceptors (Lipinski definition) is 6. The van der Waals surface area contributed by atoms with Gasteiger partial charge in [-0.1, -0.05) is 30.3 Å². The third-order valence-electron chi connectivity index (χ3n) is 4.97. The van der Waals surface area contributed by atoms with E-state index in [-0.39, 0.29) is 5.91 Å². The molecule has 2 N–H and O–H groups in total. The normalized spacial score (nSPS) is 13.6. The molecule has 9 heteroatoms. The fourth-order valence-electron chi connectivity index (χ4n) is 3.41. The number of anilines is 3. The number of hydrogen-bond donors (Lipinski definition) is 2. The van der Waals surface area contributed by atoms with Crippen LogP contribution in [0.25, 0.3) is 0 Å². The summed E-state index contributed by atoms with van der Waals surface area (Å²) in [7, 11) is 1.66. The van der Waals surface area contributed by atoms with Crippen molar-refractivity contribution in [2.24, 2.45) is 0 Å². The van der Waals surface area contributed by atoms with Gasteiger partial charge in [-0.25, -0.2) is 9.78 Å². The summed E-state index contributed by atoms with van der Waals surface area (Å²) in [6.45, 7) is 2.60. The van der Waals surface area contributed by atoms with E-state index in [9.17, 15) is 9.59 Å². The van der Waals surface area contributed by atoms with Gasteiger partial charge >= 0.3 is 6.03 Å². The molecule has 0 aliphatic carbocycles. The highest BCUT2D eigenvalue weighted by molar-refractivity contribution is 7.14. The number of nitrogens with one attached hydrogen (secondary N) is 2. The van der Waals surface area contributed by atoms with Crippen LogP contribution in [0.1, 0.15) is 10.5 Å². The summed E-state index contributed by atoms with van der Waals surface area (Å²) < 4.78 is 5.44. The van der Waals surface area contributed by atoms with Gasteiger partial charge in [-0.05, 0) is 24.3 Å². The van der Waals surface area contributed by atoms with Crippen molar-refractivity contribution in [3.8, 4) is 5.75 Å².